The first-order chi connectivity index (χ1) is 10.0. The molecule has 0 unspecified atom stereocenters. The number of nitrogens with zero attached hydrogens (tertiary/aromatic N) is 1. The third-order valence-corrected chi connectivity index (χ3v) is 5.11. The van der Waals surface area contributed by atoms with Crippen LogP contribution in [0.3, 0.4) is 0 Å². The first-order valence-corrected chi connectivity index (χ1v) is 8.31. The van der Waals surface area contributed by atoms with Crippen LogP contribution >= 0.6 is 34.5 Å². The fourth-order valence-electron chi connectivity index (χ4n) is 2.05. The molecule has 0 spiro atoms. The monoisotopic (exact) mass is 340 g/mol. The molecule has 1 aliphatic rings. The van der Waals surface area contributed by atoms with Crippen molar-refractivity contribution in [3.05, 3.63) is 44.4 Å². The van der Waals surface area contributed by atoms with E-state index in [4.69, 9.17) is 23.2 Å². The van der Waals surface area contributed by atoms with Gasteiger partial charge in [-0.1, -0.05) is 23.2 Å². The van der Waals surface area contributed by atoms with E-state index in [0.717, 1.165) is 29.0 Å². The van der Waals surface area contributed by atoms with Crippen LogP contribution in [0.4, 0.5) is 5.13 Å². The molecule has 110 valence electrons. The second kappa shape index (κ2) is 5.95. The summed E-state index contributed by atoms with van der Waals surface area (Å²) in [7, 11) is 0. The number of carbonyl (C=O) groups excluding carboxylic acids is 1. The van der Waals surface area contributed by atoms with Crippen LogP contribution in [0, 0.1) is 12.8 Å². The maximum Gasteiger partial charge on any atom is 0.229 e. The predicted molar refractivity (Wildman–Crippen MR) is 87.5 cm³/mol. The lowest BCUT2D eigenvalue weighted by molar-refractivity contribution is -0.117. The molecule has 0 atom stereocenters. The van der Waals surface area contributed by atoms with E-state index in [-0.39, 0.29) is 11.8 Å². The number of thiazole rings is 1. The van der Waals surface area contributed by atoms with Crippen molar-refractivity contribution in [2.45, 2.75) is 26.2 Å². The largest absolute Gasteiger partial charge is 0.302 e. The van der Waals surface area contributed by atoms with Crippen LogP contribution in [0.5, 0.6) is 0 Å². The van der Waals surface area contributed by atoms with E-state index in [1.54, 1.807) is 12.1 Å². The number of hydrogen-bond donors (Lipinski definition) is 1. The molecule has 1 saturated carbocycles. The lowest BCUT2D eigenvalue weighted by atomic mass is 10.1. The molecule has 1 aromatic carbocycles. The minimum absolute atomic E-state index is 0.0797. The molecule has 1 amide bonds. The summed E-state index contributed by atoms with van der Waals surface area (Å²) in [5.74, 6) is 0.260. The highest BCUT2D eigenvalue weighted by Crippen LogP contribution is 2.32. The Morgan fingerprint density at radius 1 is 1.43 bits per heavy atom. The highest BCUT2D eigenvalue weighted by atomic mass is 35.5. The van der Waals surface area contributed by atoms with Crippen LogP contribution in [0.2, 0.25) is 10.0 Å². The van der Waals surface area contributed by atoms with Crippen molar-refractivity contribution in [1.82, 2.24) is 4.98 Å². The maximum atomic E-state index is 11.8. The molecule has 0 aliphatic heterocycles. The fourth-order valence-corrected chi connectivity index (χ4v) is 3.42. The van der Waals surface area contributed by atoms with Gasteiger partial charge in [0.05, 0.1) is 5.69 Å². The van der Waals surface area contributed by atoms with Gasteiger partial charge in [0, 0.05) is 27.3 Å². The average molecular weight is 341 g/mol. The van der Waals surface area contributed by atoms with Crippen LogP contribution in [0.1, 0.15) is 29.0 Å². The van der Waals surface area contributed by atoms with Gasteiger partial charge < -0.3 is 5.32 Å². The highest BCUT2D eigenvalue weighted by molar-refractivity contribution is 7.15. The molecule has 3 rings (SSSR count). The Labute approximate surface area is 137 Å². The van der Waals surface area contributed by atoms with E-state index >= 15 is 0 Å². The number of anilines is 1. The van der Waals surface area contributed by atoms with Crippen LogP contribution in [0.25, 0.3) is 0 Å². The predicted octanol–water partition coefficient (Wildman–Crippen LogP) is 4.70. The van der Waals surface area contributed by atoms with Gasteiger partial charge in [-0.05, 0) is 43.5 Å². The molecule has 2 aromatic rings. The summed E-state index contributed by atoms with van der Waals surface area (Å²) in [5.41, 5.74) is 1.89. The first-order valence-electron chi connectivity index (χ1n) is 6.74. The molecule has 0 radical (unpaired) electrons. The van der Waals surface area contributed by atoms with Crippen molar-refractivity contribution in [3.63, 3.8) is 0 Å². The Morgan fingerprint density at radius 2 is 2.19 bits per heavy atom. The summed E-state index contributed by atoms with van der Waals surface area (Å²) in [4.78, 5) is 17.3. The molecule has 0 saturated heterocycles. The molecule has 1 aliphatic carbocycles. The molecule has 1 aromatic heterocycles. The summed E-state index contributed by atoms with van der Waals surface area (Å²) < 4.78 is 0. The van der Waals surface area contributed by atoms with Crippen molar-refractivity contribution in [2.75, 3.05) is 5.32 Å². The zero-order valence-electron chi connectivity index (χ0n) is 11.5. The molecule has 0 bridgehead atoms. The second-order valence-corrected chi connectivity index (χ2v) is 7.13. The zero-order chi connectivity index (χ0) is 15.0. The minimum atomic E-state index is 0.0797. The Hall–Kier alpha value is -1.10. The second-order valence-electron chi connectivity index (χ2n) is 5.20. The van der Waals surface area contributed by atoms with Gasteiger partial charge in [0.25, 0.3) is 0 Å². The number of halogens is 2. The van der Waals surface area contributed by atoms with Gasteiger partial charge in [-0.2, -0.15) is 0 Å². The molecular weight excluding hydrogens is 327 g/mol. The van der Waals surface area contributed by atoms with Crippen molar-refractivity contribution < 1.29 is 4.79 Å². The summed E-state index contributed by atoms with van der Waals surface area (Å²) in [6, 6.07) is 5.44. The van der Waals surface area contributed by atoms with Gasteiger partial charge in [0.1, 0.15) is 0 Å². The molecule has 1 N–H and O–H groups in total. The highest BCUT2D eigenvalue weighted by Gasteiger charge is 2.30. The Kier molecular flexibility index (Phi) is 4.20. The van der Waals surface area contributed by atoms with Crippen LogP contribution in [-0.2, 0) is 11.2 Å². The number of nitrogens with one attached hydrogen (secondary N) is 1. The van der Waals surface area contributed by atoms with E-state index in [9.17, 15) is 4.79 Å². The van der Waals surface area contributed by atoms with Gasteiger partial charge in [-0.25, -0.2) is 4.98 Å². The lowest BCUT2D eigenvalue weighted by Crippen LogP contribution is -2.12. The van der Waals surface area contributed by atoms with E-state index in [0.29, 0.717) is 21.6 Å². The summed E-state index contributed by atoms with van der Waals surface area (Å²) in [6.45, 7) is 1.94. The van der Waals surface area contributed by atoms with E-state index in [1.165, 1.54) is 11.3 Å². The molecular formula is C15H14Cl2N2OS. The minimum Gasteiger partial charge on any atom is -0.302 e. The van der Waals surface area contributed by atoms with Crippen molar-refractivity contribution >= 4 is 45.6 Å². The third-order valence-electron chi connectivity index (χ3n) is 3.43. The van der Waals surface area contributed by atoms with E-state index in [2.05, 4.69) is 10.3 Å². The number of rotatable bonds is 4. The zero-order valence-corrected chi connectivity index (χ0v) is 13.8. The molecule has 21 heavy (non-hydrogen) atoms. The molecule has 3 nitrogen and oxygen atoms in total. The number of carbonyl (C=O) groups is 1. The van der Waals surface area contributed by atoms with Gasteiger partial charge in [-0.15, -0.1) is 11.3 Å². The van der Waals surface area contributed by atoms with Crippen LogP contribution < -0.4 is 5.32 Å². The smallest absolute Gasteiger partial charge is 0.229 e. The van der Waals surface area contributed by atoms with Crippen LogP contribution in [0.15, 0.2) is 18.2 Å². The van der Waals surface area contributed by atoms with Gasteiger partial charge in [0.2, 0.25) is 5.91 Å². The number of aromatic nitrogens is 1. The average Bonchev–Trinajstić information content (AvgIpc) is 3.21. The Bertz CT molecular complexity index is 695. The van der Waals surface area contributed by atoms with Gasteiger partial charge >= 0.3 is 0 Å². The quantitative estimate of drug-likeness (QED) is 0.876. The van der Waals surface area contributed by atoms with E-state index in [1.807, 2.05) is 13.0 Å². The van der Waals surface area contributed by atoms with Crippen molar-refractivity contribution in [3.8, 4) is 0 Å². The van der Waals surface area contributed by atoms with Crippen molar-refractivity contribution in [2.24, 2.45) is 5.92 Å². The molecule has 1 heterocycles. The topological polar surface area (TPSA) is 42.0 Å². The maximum absolute atomic E-state index is 11.8. The molecule has 1 fully saturated rings. The summed E-state index contributed by atoms with van der Waals surface area (Å²) in [5, 5.41) is 4.91. The summed E-state index contributed by atoms with van der Waals surface area (Å²) in [6.07, 6.45) is 2.64. The van der Waals surface area contributed by atoms with Crippen LogP contribution in [-0.4, -0.2) is 10.9 Å². The standard InChI is InChI=1S/C15H14Cl2N2OS/c1-8-13(7-10-6-11(16)4-5-12(10)17)21-15(18-8)19-14(20)9-2-3-9/h4-6,9H,2-3,7H2,1H3,(H,18,19,20). The SMILES string of the molecule is Cc1nc(NC(=O)C2CC2)sc1Cc1cc(Cl)ccc1Cl. The normalized spacial score (nSPS) is 14.2. The number of hydrogen-bond acceptors (Lipinski definition) is 3. The fraction of sp³-hybridized carbons (Fsp3) is 0.333. The Morgan fingerprint density at radius 3 is 2.90 bits per heavy atom. The lowest BCUT2D eigenvalue weighted by Gasteiger charge is -2.03. The number of benzene rings is 1. The van der Waals surface area contributed by atoms with Crippen molar-refractivity contribution in [1.29, 1.82) is 0 Å². The Balaban J connectivity index is 1.77. The third kappa shape index (κ3) is 3.57. The number of amides is 1. The van der Waals surface area contributed by atoms with E-state index < -0.39 is 0 Å². The molecule has 6 heteroatoms. The van der Waals surface area contributed by atoms with Gasteiger partial charge in [0.15, 0.2) is 5.13 Å². The van der Waals surface area contributed by atoms with Gasteiger partial charge in [-0.3, -0.25) is 4.79 Å². The number of aryl methyl sites for hydroxylation is 1. The summed E-state index contributed by atoms with van der Waals surface area (Å²) >= 11 is 13.7. The first kappa shape index (κ1) is 14.8.